The highest BCUT2D eigenvalue weighted by Gasteiger charge is 2.30. The zero-order valence-corrected chi connectivity index (χ0v) is 22.4. The number of amides is 2. The first kappa shape index (κ1) is 28.5. The number of carbonyl (C=O) groups excluding carboxylic acids is 2. The fraction of sp³-hybridized carbons (Fsp3) is 0.310. The van der Waals surface area contributed by atoms with Gasteiger partial charge in [-0.1, -0.05) is 77.8 Å². The molecule has 6 nitrogen and oxygen atoms in total. The number of hydrogen-bond acceptors (Lipinski definition) is 4. The Bertz CT molecular complexity index is 1130. The van der Waals surface area contributed by atoms with Crippen molar-refractivity contribution in [2.45, 2.75) is 32.4 Å². The lowest BCUT2D eigenvalue weighted by atomic mass is 10.0. The molecule has 0 aliphatic heterocycles. The number of nitrogens with zero attached hydrogens (tertiary/aromatic N) is 1. The van der Waals surface area contributed by atoms with Crippen molar-refractivity contribution in [3.63, 3.8) is 0 Å². The minimum Gasteiger partial charge on any atom is -0.482 e. The average Bonchev–Trinajstić information content (AvgIpc) is 2.91. The van der Waals surface area contributed by atoms with Crippen LogP contribution in [0.25, 0.3) is 0 Å². The molecule has 0 aliphatic rings. The second-order valence-corrected chi connectivity index (χ2v) is 9.26. The number of halogens is 2. The van der Waals surface area contributed by atoms with Crippen molar-refractivity contribution < 1.29 is 19.1 Å². The molecule has 2 amide bonds. The molecule has 0 fully saturated rings. The summed E-state index contributed by atoms with van der Waals surface area (Å²) < 4.78 is 11.1. The summed E-state index contributed by atoms with van der Waals surface area (Å²) in [5.74, 6) is -0.162. The van der Waals surface area contributed by atoms with Crippen LogP contribution in [-0.4, -0.2) is 49.1 Å². The van der Waals surface area contributed by atoms with Gasteiger partial charge in [-0.25, -0.2) is 0 Å². The van der Waals surface area contributed by atoms with Gasteiger partial charge in [-0.3, -0.25) is 9.59 Å². The van der Waals surface area contributed by atoms with Crippen LogP contribution in [0.4, 0.5) is 0 Å². The molecule has 0 aromatic heterocycles. The van der Waals surface area contributed by atoms with Crippen LogP contribution < -0.4 is 10.1 Å². The largest absolute Gasteiger partial charge is 0.482 e. The molecule has 0 radical (unpaired) electrons. The number of carbonyl (C=O) groups is 2. The fourth-order valence-electron chi connectivity index (χ4n) is 3.77. The minimum atomic E-state index is -0.757. The van der Waals surface area contributed by atoms with Gasteiger partial charge >= 0.3 is 0 Å². The monoisotopic (exact) mass is 542 g/mol. The van der Waals surface area contributed by atoms with Crippen LogP contribution in [0.15, 0.2) is 78.9 Å². The van der Waals surface area contributed by atoms with Crippen LogP contribution in [0.5, 0.6) is 5.75 Å². The number of para-hydroxylation sites is 1. The second-order valence-electron chi connectivity index (χ2n) is 8.41. The van der Waals surface area contributed by atoms with Gasteiger partial charge in [-0.15, -0.1) is 0 Å². The predicted octanol–water partition coefficient (Wildman–Crippen LogP) is 5.56. The van der Waals surface area contributed by atoms with E-state index in [9.17, 15) is 9.59 Å². The van der Waals surface area contributed by atoms with Gasteiger partial charge in [-0.05, 0) is 48.7 Å². The molecule has 0 saturated carbocycles. The van der Waals surface area contributed by atoms with Crippen molar-refractivity contribution >= 4 is 35.0 Å². The van der Waals surface area contributed by atoms with Crippen molar-refractivity contribution in [1.82, 2.24) is 10.2 Å². The molecule has 0 saturated heterocycles. The summed E-state index contributed by atoms with van der Waals surface area (Å²) in [6, 6.07) is 23.1. The first-order valence-electron chi connectivity index (χ1n) is 12.3. The zero-order valence-electron chi connectivity index (χ0n) is 20.9. The topological polar surface area (TPSA) is 67.9 Å². The van der Waals surface area contributed by atoms with Crippen molar-refractivity contribution in [2.75, 3.05) is 26.4 Å². The Balaban J connectivity index is 1.85. The van der Waals surface area contributed by atoms with E-state index in [0.717, 1.165) is 11.1 Å². The summed E-state index contributed by atoms with van der Waals surface area (Å²) in [6.45, 7) is 3.51. The van der Waals surface area contributed by atoms with Crippen molar-refractivity contribution in [1.29, 1.82) is 0 Å². The third kappa shape index (κ3) is 9.39. The van der Waals surface area contributed by atoms with Crippen LogP contribution in [0, 0.1) is 0 Å². The highest BCUT2D eigenvalue weighted by atomic mass is 35.5. The number of rotatable bonds is 14. The van der Waals surface area contributed by atoms with Gasteiger partial charge in [0.2, 0.25) is 5.91 Å². The van der Waals surface area contributed by atoms with E-state index in [0.29, 0.717) is 48.4 Å². The first-order chi connectivity index (χ1) is 18.0. The van der Waals surface area contributed by atoms with E-state index in [4.69, 9.17) is 32.7 Å². The number of ether oxygens (including phenoxy) is 2. The van der Waals surface area contributed by atoms with E-state index in [-0.39, 0.29) is 25.0 Å². The summed E-state index contributed by atoms with van der Waals surface area (Å²) >= 11 is 12.3. The van der Waals surface area contributed by atoms with E-state index in [1.807, 2.05) is 49.4 Å². The quantitative estimate of drug-likeness (QED) is 0.271. The van der Waals surface area contributed by atoms with Gasteiger partial charge in [-0.2, -0.15) is 0 Å². The van der Waals surface area contributed by atoms with Crippen LogP contribution in [0.3, 0.4) is 0 Å². The van der Waals surface area contributed by atoms with Gasteiger partial charge in [0, 0.05) is 37.7 Å². The van der Waals surface area contributed by atoms with E-state index in [1.165, 1.54) is 0 Å². The third-order valence-corrected chi connectivity index (χ3v) is 6.26. The summed E-state index contributed by atoms with van der Waals surface area (Å²) in [4.78, 5) is 28.6. The van der Waals surface area contributed by atoms with Crippen molar-refractivity contribution in [2.24, 2.45) is 0 Å². The molecular weight excluding hydrogens is 511 g/mol. The molecule has 0 spiro atoms. The number of nitrogens with one attached hydrogen (secondary N) is 1. The number of benzene rings is 3. The summed E-state index contributed by atoms with van der Waals surface area (Å²) in [5, 5.41) is 3.98. The molecule has 3 rings (SSSR count). The van der Waals surface area contributed by atoms with E-state index >= 15 is 0 Å². The maximum absolute atomic E-state index is 13.6. The Morgan fingerprint density at radius 2 is 1.62 bits per heavy atom. The molecule has 37 heavy (non-hydrogen) atoms. The highest BCUT2D eigenvalue weighted by molar-refractivity contribution is 6.32. The van der Waals surface area contributed by atoms with Crippen LogP contribution in [0.2, 0.25) is 10.0 Å². The summed E-state index contributed by atoms with van der Waals surface area (Å²) in [5.41, 5.74) is 1.79. The molecule has 1 atom stereocenters. The van der Waals surface area contributed by atoms with Gasteiger partial charge in [0.25, 0.3) is 5.91 Å². The third-order valence-electron chi connectivity index (χ3n) is 5.69. The maximum Gasteiger partial charge on any atom is 0.261 e. The second kappa shape index (κ2) is 15.3. The van der Waals surface area contributed by atoms with Gasteiger partial charge in [0.15, 0.2) is 6.61 Å². The molecule has 196 valence electrons. The smallest absolute Gasteiger partial charge is 0.261 e. The molecule has 0 heterocycles. The molecule has 0 unspecified atom stereocenters. The molecule has 0 aliphatic carbocycles. The van der Waals surface area contributed by atoms with Gasteiger partial charge in [0.05, 0.1) is 5.02 Å². The minimum absolute atomic E-state index is 0.214. The van der Waals surface area contributed by atoms with E-state index < -0.39 is 6.04 Å². The molecular formula is C29H32Cl2N2O4. The van der Waals surface area contributed by atoms with Gasteiger partial charge < -0.3 is 19.7 Å². The molecule has 3 aromatic carbocycles. The zero-order chi connectivity index (χ0) is 26.5. The lowest BCUT2D eigenvalue weighted by Gasteiger charge is -2.31. The average molecular weight is 543 g/mol. The molecule has 3 aromatic rings. The van der Waals surface area contributed by atoms with Crippen molar-refractivity contribution in [3.05, 3.63) is 100 Å². The van der Waals surface area contributed by atoms with Crippen LogP contribution in [0.1, 0.15) is 24.5 Å². The Labute approximate surface area is 228 Å². The fourth-order valence-corrected chi connectivity index (χ4v) is 4.09. The summed E-state index contributed by atoms with van der Waals surface area (Å²) in [6.07, 6.45) is 1.03. The van der Waals surface area contributed by atoms with E-state index in [1.54, 1.807) is 41.3 Å². The Morgan fingerprint density at radius 1 is 0.919 bits per heavy atom. The van der Waals surface area contributed by atoms with Crippen molar-refractivity contribution in [3.8, 4) is 5.75 Å². The number of hydrogen-bond donors (Lipinski definition) is 1. The summed E-state index contributed by atoms with van der Waals surface area (Å²) in [7, 11) is 0. The van der Waals surface area contributed by atoms with Crippen LogP contribution in [-0.2, 0) is 27.3 Å². The normalized spacial score (nSPS) is 11.5. The Kier molecular flexibility index (Phi) is 11.8. The predicted molar refractivity (Wildman–Crippen MR) is 147 cm³/mol. The molecule has 0 bridgehead atoms. The lowest BCUT2D eigenvalue weighted by Crippen LogP contribution is -2.52. The highest BCUT2D eigenvalue weighted by Crippen LogP contribution is 2.23. The Morgan fingerprint density at radius 3 is 2.32 bits per heavy atom. The SMILES string of the molecule is CCOCCCNC(=O)[C@@H](Cc1ccccc1)N(Cc1ccc(Cl)cc1)C(=O)COc1ccccc1Cl. The lowest BCUT2D eigenvalue weighted by molar-refractivity contribution is -0.142. The first-order valence-corrected chi connectivity index (χ1v) is 13.0. The Hall–Kier alpha value is -3.06. The molecule has 1 N–H and O–H groups in total. The standard InChI is InChI=1S/C29H32Cl2N2O4/c1-2-36-18-8-17-32-29(35)26(19-22-9-4-3-5-10-22)33(20-23-13-15-24(30)16-14-23)28(34)21-37-27-12-7-6-11-25(27)31/h3-7,9-16,26H,2,8,17-21H2,1H3,(H,32,35)/t26-/m1/s1. The van der Waals surface area contributed by atoms with Crippen LogP contribution >= 0.6 is 23.2 Å². The van der Waals surface area contributed by atoms with Gasteiger partial charge in [0.1, 0.15) is 11.8 Å². The maximum atomic E-state index is 13.6. The molecule has 8 heteroatoms. The van der Waals surface area contributed by atoms with E-state index in [2.05, 4.69) is 5.32 Å².